The van der Waals surface area contributed by atoms with Crippen molar-refractivity contribution in [3.63, 3.8) is 0 Å². The minimum absolute atomic E-state index is 0.169. The molecule has 0 aliphatic heterocycles. The molecule has 2 aromatic carbocycles. The van der Waals surface area contributed by atoms with E-state index in [1.54, 1.807) is 32.6 Å². The maximum absolute atomic E-state index is 10.2. The van der Waals surface area contributed by atoms with E-state index in [9.17, 15) is 5.11 Å². The highest BCUT2D eigenvalue weighted by molar-refractivity contribution is 14.1. The number of phenolic OH excluding ortho intramolecular Hbond substituents is 1. The van der Waals surface area contributed by atoms with Gasteiger partial charge in [0.1, 0.15) is 5.75 Å². The van der Waals surface area contributed by atoms with Crippen LogP contribution in [0.3, 0.4) is 0 Å². The lowest BCUT2D eigenvalue weighted by Gasteiger charge is -2.09. The number of methoxy groups -OCH3 is 2. The molecule has 0 atom stereocenters. The van der Waals surface area contributed by atoms with E-state index in [0.29, 0.717) is 27.7 Å². The molecule has 1 heterocycles. The average molecular weight is 608 g/mol. The molecule has 0 aliphatic carbocycles. The summed E-state index contributed by atoms with van der Waals surface area (Å²) in [6.07, 6.45) is 1.55. The Kier molecular flexibility index (Phi) is 6.37. The third kappa shape index (κ3) is 4.27. The maximum atomic E-state index is 10.2. The minimum atomic E-state index is 0.169. The molecule has 0 fully saturated rings. The smallest absolute Gasteiger partial charge is 0.216 e. The monoisotopic (exact) mass is 608 g/mol. The van der Waals surface area contributed by atoms with Crippen molar-refractivity contribution in [1.29, 1.82) is 0 Å². The number of aromatic amines is 1. The second-order valence-corrected chi connectivity index (χ2v) is 8.10. The van der Waals surface area contributed by atoms with E-state index in [-0.39, 0.29) is 5.75 Å². The van der Waals surface area contributed by atoms with Gasteiger partial charge in [0.05, 0.1) is 24.0 Å². The van der Waals surface area contributed by atoms with Gasteiger partial charge in [-0.3, -0.25) is 0 Å². The number of nitrogens with zero attached hydrogens (tertiary/aromatic N) is 3. The fourth-order valence-corrected chi connectivity index (χ4v) is 4.43. The molecule has 0 bridgehead atoms. The van der Waals surface area contributed by atoms with Crippen molar-refractivity contribution in [2.45, 2.75) is 0 Å². The van der Waals surface area contributed by atoms with Gasteiger partial charge in [0.25, 0.3) is 0 Å². The molecule has 3 rings (SSSR count). The Labute approximate surface area is 187 Å². The standard InChI is InChI=1S/C17H14I2N4O3S/c1-25-13-4-3-9(6-14(13)26-2)16-21-22-17(27)23(16)20-8-10-5-11(18)7-12(19)15(10)24/h3-8,24H,1-2H3,(H,22,27). The van der Waals surface area contributed by atoms with Gasteiger partial charge in [0.2, 0.25) is 4.77 Å². The first-order valence-corrected chi connectivity index (χ1v) is 10.1. The van der Waals surface area contributed by atoms with Gasteiger partial charge in [-0.1, -0.05) is 0 Å². The molecule has 2 N–H and O–H groups in total. The fraction of sp³-hybridized carbons (Fsp3) is 0.118. The summed E-state index contributed by atoms with van der Waals surface area (Å²) in [5.74, 6) is 1.87. The van der Waals surface area contributed by atoms with Crippen LogP contribution in [0.1, 0.15) is 5.56 Å². The van der Waals surface area contributed by atoms with Gasteiger partial charge in [-0.25, -0.2) is 5.10 Å². The summed E-state index contributed by atoms with van der Waals surface area (Å²) in [5.41, 5.74) is 1.34. The van der Waals surface area contributed by atoms with E-state index in [1.165, 1.54) is 4.68 Å². The maximum Gasteiger partial charge on any atom is 0.216 e. The molecular formula is C17H14I2N4O3S. The van der Waals surface area contributed by atoms with E-state index in [2.05, 4.69) is 60.5 Å². The van der Waals surface area contributed by atoms with E-state index in [0.717, 1.165) is 12.7 Å². The molecule has 0 amide bonds. The number of aromatic nitrogens is 3. The number of aromatic hydroxyl groups is 1. The Morgan fingerprint density at radius 2 is 1.93 bits per heavy atom. The summed E-state index contributed by atoms with van der Waals surface area (Å²) in [6, 6.07) is 9.13. The number of ether oxygens (including phenoxy) is 2. The summed E-state index contributed by atoms with van der Waals surface area (Å²) in [7, 11) is 3.14. The molecule has 1 aromatic heterocycles. The van der Waals surface area contributed by atoms with Crippen LogP contribution in [0.5, 0.6) is 17.2 Å². The topological polar surface area (TPSA) is 84.7 Å². The van der Waals surface area contributed by atoms with Crippen LogP contribution in [0.4, 0.5) is 0 Å². The number of hydrogen-bond acceptors (Lipinski definition) is 6. The molecule has 0 saturated carbocycles. The van der Waals surface area contributed by atoms with Crippen LogP contribution >= 0.6 is 57.4 Å². The van der Waals surface area contributed by atoms with Gasteiger partial charge in [0, 0.05) is 14.7 Å². The van der Waals surface area contributed by atoms with Crippen LogP contribution in [0.2, 0.25) is 0 Å². The van der Waals surface area contributed by atoms with Gasteiger partial charge < -0.3 is 14.6 Å². The van der Waals surface area contributed by atoms with Gasteiger partial charge in [-0.05, 0) is 87.7 Å². The predicted molar refractivity (Wildman–Crippen MR) is 122 cm³/mol. The highest BCUT2D eigenvalue weighted by atomic mass is 127. The van der Waals surface area contributed by atoms with Crippen LogP contribution in [0.15, 0.2) is 35.4 Å². The molecule has 0 radical (unpaired) electrons. The first-order valence-electron chi connectivity index (χ1n) is 7.56. The van der Waals surface area contributed by atoms with Crippen LogP contribution in [-0.4, -0.2) is 40.4 Å². The van der Waals surface area contributed by atoms with Crippen molar-refractivity contribution in [1.82, 2.24) is 14.9 Å². The normalized spacial score (nSPS) is 11.1. The summed E-state index contributed by atoms with van der Waals surface area (Å²) >= 11 is 9.56. The van der Waals surface area contributed by atoms with Crippen LogP contribution in [0.25, 0.3) is 11.4 Å². The molecule has 10 heteroatoms. The zero-order chi connectivity index (χ0) is 19.6. The van der Waals surface area contributed by atoms with Gasteiger partial charge in [-0.15, -0.1) is 0 Å². The van der Waals surface area contributed by atoms with Gasteiger partial charge in [-0.2, -0.15) is 14.9 Å². The molecule has 0 spiro atoms. The Morgan fingerprint density at radius 3 is 2.63 bits per heavy atom. The Morgan fingerprint density at radius 1 is 1.19 bits per heavy atom. The van der Waals surface area contributed by atoms with Crippen molar-refractivity contribution in [2.24, 2.45) is 5.10 Å². The molecule has 140 valence electrons. The van der Waals surface area contributed by atoms with Crippen LogP contribution < -0.4 is 9.47 Å². The van der Waals surface area contributed by atoms with E-state index in [1.807, 2.05) is 18.2 Å². The van der Waals surface area contributed by atoms with Gasteiger partial charge in [0.15, 0.2) is 17.3 Å². The lowest BCUT2D eigenvalue weighted by atomic mass is 10.2. The average Bonchev–Trinajstić information content (AvgIpc) is 3.03. The number of phenols is 1. The SMILES string of the molecule is COc1ccc(-c2n[nH]c(=S)n2N=Cc2cc(I)cc(I)c2O)cc1OC. The second kappa shape index (κ2) is 8.56. The highest BCUT2D eigenvalue weighted by Crippen LogP contribution is 2.31. The lowest BCUT2D eigenvalue weighted by molar-refractivity contribution is 0.355. The number of rotatable bonds is 5. The van der Waals surface area contributed by atoms with E-state index < -0.39 is 0 Å². The number of benzene rings is 2. The third-order valence-corrected chi connectivity index (χ3v) is 5.37. The molecule has 0 aliphatic rings. The lowest BCUT2D eigenvalue weighted by Crippen LogP contribution is -1.97. The third-order valence-electron chi connectivity index (χ3n) is 3.66. The van der Waals surface area contributed by atoms with Crippen LogP contribution in [-0.2, 0) is 0 Å². The minimum Gasteiger partial charge on any atom is -0.506 e. The largest absolute Gasteiger partial charge is 0.506 e. The first kappa shape index (κ1) is 20.1. The zero-order valence-corrected chi connectivity index (χ0v) is 19.4. The molecule has 0 unspecified atom stereocenters. The quantitative estimate of drug-likeness (QED) is 0.255. The molecule has 3 aromatic rings. The zero-order valence-electron chi connectivity index (χ0n) is 14.2. The highest BCUT2D eigenvalue weighted by Gasteiger charge is 2.13. The van der Waals surface area contributed by atoms with Crippen molar-refractivity contribution in [2.75, 3.05) is 14.2 Å². The van der Waals surface area contributed by atoms with Crippen molar-refractivity contribution in [3.05, 3.63) is 47.8 Å². The molecule has 0 saturated heterocycles. The Bertz CT molecular complexity index is 1080. The van der Waals surface area contributed by atoms with E-state index >= 15 is 0 Å². The first-order chi connectivity index (χ1) is 12.9. The fourth-order valence-electron chi connectivity index (χ4n) is 2.37. The number of H-pyrrole nitrogens is 1. The van der Waals surface area contributed by atoms with E-state index in [4.69, 9.17) is 21.7 Å². The Hall–Kier alpha value is -1.67. The summed E-state index contributed by atoms with van der Waals surface area (Å²) < 4.78 is 14.2. The van der Waals surface area contributed by atoms with Crippen molar-refractivity contribution in [3.8, 4) is 28.6 Å². The van der Waals surface area contributed by atoms with Gasteiger partial charge >= 0.3 is 0 Å². The van der Waals surface area contributed by atoms with Crippen molar-refractivity contribution < 1.29 is 14.6 Å². The van der Waals surface area contributed by atoms with Crippen molar-refractivity contribution >= 4 is 63.6 Å². The number of halogens is 2. The Balaban J connectivity index is 2.05. The molecular weight excluding hydrogens is 594 g/mol. The number of nitrogens with one attached hydrogen (secondary N) is 1. The number of hydrogen-bond donors (Lipinski definition) is 2. The summed E-state index contributed by atoms with van der Waals surface area (Å²) in [6.45, 7) is 0. The molecule has 27 heavy (non-hydrogen) atoms. The second-order valence-electron chi connectivity index (χ2n) is 5.30. The summed E-state index contributed by atoms with van der Waals surface area (Å²) in [4.78, 5) is 0. The predicted octanol–water partition coefficient (Wildman–Crippen LogP) is 4.42. The molecule has 7 nitrogen and oxygen atoms in total. The van der Waals surface area contributed by atoms with Crippen LogP contribution in [0, 0.1) is 11.9 Å². The summed E-state index contributed by atoms with van der Waals surface area (Å²) in [5, 5.41) is 21.6.